The number of ether oxygens (including phenoxy) is 3. The van der Waals surface area contributed by atoms with E-state index in [9.17, 15) is 14.4 Å². The molecule has 0 rings (SSSR count). The zero-order valence-electron chi connectivity index (χ0n) is 12.3. The van der Waals surface area contributed by atoms with Crippen LogP contribution in [0, 0.1) is 0 Å². The van der Waals surface area contributed by atoms with Crippen LogP contribution in [-0.4, -0.2) is 81.7 Å². The Morgan fingerprint density at radius 1 is 1.14 bits per heavy atom. The number of carbonyl (C=O) groups excluding carboxylic acids is 2. The minimum Gasteiger partial charge on any atom is -0.480 e. The summed E-state index contributed by atoms with van der Waals surface area (Å²) in [4.78, 5) is 34.6. The van der Waals surface area contributed by atoms with Crippen molar-refractivity contribution in [1.29, 1.82) is 0 Å². The molecule has 0 saturated heterocycles. The Hall–Kier alpha value is -1.87. The number of esters is 1. The molecule has 0 aromatic heterocycles. The lowest BCUT2D eigenvalue weighted by atomic mass is 10.4. The summed E-state index contributed by atoms with van der Waals surface area (Å²) in [6.45, 7) is 0.726. The lowest BCUT2D eigenvalue weighted by Gasteiger charge is -2.22. The summed E-state index contributed by atoms with van der Waals surface area (Å²) in [5.41, 5.74) is 0. The molecule has 9 nitrogen and oxygen atoms in total. The van der Waals surface area contributed by atoms with E-state index in [-0.39, 0.29) is 32.1 Å². The fraction of sp³-hybridized carbons (Fsp3) is 0.750. The first kappa shape index (κ1) is 19.1. The molecule has 0 unspecified atom stereocenters. The van der Waals surface area contributed by atoms with Crippen molar-refractivity contribution in [2.75, 3.05) is 53.7 Å². The number of rotatable bonds is 11. The lowest BCUT2D eigenvalue weighted by molar-refractivity contribution is -0.142. The zero-order chi connectivity index (χ0) is 16.1. The minimum absolute atomic E-state index is 0.0865. The number of methoxy groups -OCH3 is 2. The third-order valence-corrected chi connectivity index (χ3v) is 2.41. The maximum atomic E-state index is 11.9. The number of hydrogen-bond acceptors (Lipinski definition) is 6. The molecule has 0 fully saturated rings. The van der Waals surface area contributed by atoms with Crippen LogP contribution in [0.1, 0.15) is 6.42 Å². The van der Waals surface area contributed by atoms with Crippen LogP contribution in [0.3, 0.4) is 0 Å². The smallest absolute Gasteiger partial charge is 0.329 e. The highest BCUT2D eigenvalue weighted by Gasteiger charge is 2.14. The van der Waals surface area contributed by atoms with E-state index < -0.39 is 18.5 Å². The van der Waals surface area contributed by atoms with E-state index in [1.54, 1.807) is 0 Å². The lowest BCUT2D eigenvalue weighted by Crippen LogP contribution is -2.43. The van der Waals surface area contributed by atoms with Crippen LogP contribution in [0.4, 0.5) is 4.79 Å². The molecule has 0 aliphatic rings. The Morgan fingerprint density at radius 3 is 2.43 bits per heavy atom. The predicted molar refractivity (Wildman–Crippen MR) is 71.9 cm³/mol. The molecule has 0 saturated carbocycles. The van der Waals surface area contributed by atoms with E-state index in [4.69, 9.17) is 14.6 Å². The summed E-state index contributed by atoms with van der Waals surface area (Å²) in [6.07, 6.45) is 0.0865. The Labute approximate surface area is 123 Å². The Kier molecular flexibility index (Phi) is 10.9. The summed E-state index contributed by atoms with van der Waals surface area (Å²) >= 11 is 0. The van der Waals surface area contributed by atoms with Gasteiger partial charge in [-0.25, -0.2) is 9.59 Å². The summed E-state index contributed by atoms with van der Waals surface area (Å²) in [5.74, 6) is -1.48. The summed E-state index contributed by atoms with van der Waals surface area (Å²) < 4.78 is 14.2. The SMILES string of the molecule is COCCN(CCC(=O)OC)C(=O)NCCOCC(=O)O. The van der Waals surface area contributed by atoms with Crippen molar-refractivity contribution in [3.8, 4) is 0 Å². The maximum absolute atomic E-state index is 11.9. The largest absolute Gasteiger partial charge is 0.480 e. The Bertz CT molecular complexity index is 336. The van der Waals surface area contributed by atoms with Crippen LogP contribution in [0.2, 0.25) is 0 Å². The Balaban J connectivity index is 4.05. The van der Waals surface area contributed by atoms with Gasteiger partial charge in [0.15, 0.2) is 0 Å². The topological polar surface area (TPSA) is 114 Å². The van der Waals surface area contributed by atoms with E-state index in [2.05, 4.69) is 10.1 Å². The second-order valence-corrected chi connectivity index (χ2v) is 3.98. The quantitative estimate of drug-likeness (QED) is 0.383. The molecule has 0 atom stereocenters. The molecule has 21 heavy (non-hydrogen) atoms. The number of carboxylic acids is 1. The standard InChI is InChI=1S/C12H22N2O7/c1-19-8-6-14(5-3-11(17)20-2)12(18)13-4-7-21-9-10(15)16/h3-9H2,1-2H3,(H,13,18)(H,15,16). The first-order valence-corrected chi connectivity index (χ1v) is 6.39. The third-order valence-electron chi connectivity index (χ3n) is 2.41. The van der Waals surface area contributed by atoms with Gasteiger partial charge in [0.05, 0.1) is 26.7 Å². The summed E-state index contributed by atoms with van der Waals surface area (Å²) in [7, 11) is 2.79. The number of hydrogen-bond donors (Lipinski definition) is 2. The van der Waals surface area contributed by atoms with Gasteiger partial charge in [0, 0.05) is 26.7 Å². The molecule has 0 aromatic rings. The van der Waals surface area contributed by atoms with E-state index in [0.29, 0.717) is 13.2 Å². The Morgan fingerprint density at radius 2 is 1.86 bits per heavy atom. The highest BCUT2D eigenvalue weighted by molar-refractivity contribution is 5.75. The average Bonchev–Trinajstić information content (AvgIpc) is 2.46. The molecule has 122 valence electrons. The van der Waals surface area contributed by atoms with Gasteiger partial charge in [-0.15, -0.1) is 0 Å². The second-order valence-electron chi connectivity index (χ2n) is 3.98. The number of aliphatic carboxylic acids is 1. The predicted octanol–water partition coefficient (Wildman–Crippen LogP) is -0.691. The second kappa shape index (κ2) is 11.9. The van der Waals surface area contributed by atoms with Gasteiger partial charge in [-0.05, 0) is 0 Å². The number of nitrogens with zero attached hydrogens (tertiary/aromatic N) is 1. The molecule has 9 heteroatoms. The van der Waals surface area contributed by atoms with Gasteiger partial charge in [-0.3, -0.25) is 4.79 Å². The number of amides is 2. The molecule has 0 aromatic carbocycles. The van der Waals surface area contributed by atoms with Crippen molar-refractivity contribution in [1.82, 2.24) is 10.2 Å². The number of urea groups is 1. The maximum Gasteiger partial charge on any atom is 0.329 e. The molecule has 2 N–H and O–H groups in total. The van der Waals surface area contributed by atoms with Crippen molar-refractivity contribution in [3.63, 3.8) is 0 Å². The van der Waals surface area contributed by atoms with Gasteiger partial charge < -0.3 is 29.5 Å². The number of carboxylic acid groups (broad SMARTS) is 1. The van der Waals surface area contributed by atoms with Crippen LogP contribution in [0.5, 0.6) is 0 Å². The van der Waals surface area contributed by atoms with Crippen LogP contribution < -0.4 is 5.32 Å². The number of carbonyl (C=O) groups is 3. The number of nitrogens with one attached hydrogen (secondary N) is 1. The average molecular weight is 306 g/mol. The van der Waals surface area contributed by atoms with Crippen LogP contribution in [0.25, 0.3) is 0 Å². The van der Waals surface area contributed by atoms with Gasteiger partial charge in [0.2, 0.25) is 0 Å². The molecule has 2 amide bonds. The van der Waals surface area contributed by atoms with E-state index >= 15 is 0 Å². The van der Waals surface area contributed by atoms with Crippen molar-refractivity contribution >= 4 is 18.0 Å². The van der Waals surface area contributed by atoms with Crippen molar-refractivity contribution in [2.24, 2.45) is 0 Å². The van der Waals surface area contributed by atoms with Gasteiger partial charge in [-0.2, -0.15) is 0 Å². The summed E-state index contributed by atoms with van der Waals surface area (Å²) in [6, 6.07) is -0.380. The van der Waals surface area contributed by atoms with Crippen LogP contribution in [-0.2, 0) is 23.8 Å². The molecular formula is C12H22N2O7. The van der Waals surface area contributed by atoms with Crippen LogP contribution in [0.15, 0.2) is 0 Å². The molecule has 0 aliphatic heterocycles. The van der Waals surface area contributed by atoms with Crippen molar-refractivity contribution in [3.05, 3.63) is 0 Å². The fourth-order valence-electron chi connectivity index (χ4n) is 1.35. The first-order chi connectivity index (χ1) is 10.0. The zero-order valence-corrected chi connectivity index (χ0v) is 12.3. The molecule has 0 spiro atoms. The molecule has 0 radical (unpaired) electrons. The monoisotopic (exact) mass is 306 g/mol. The van der Waals surface area contributed by atoms with Crippen molar-refractivity contribution in [2.45, 2.75) is 6.42 Å². The van der Waals surface area contributed by atoms with Gasteiger partial charge in [0.25, 0.3) is 0 Å². The highest BCUT2D eigenvalue weighted by Crippen LogP contribution is 1.95. The molecule has 0 bridgehead atoms. The normalized spacial score (nSPS) is 10.0. The fourth-order valence-corrected chi connectivity index (χ4v) is 1.35. The van der Waals surface area contributed by atoms with E-state index in [1.165, 1.54) is 19.1 Å². The van der Waals surface area contributed by atoms with Crippen LogP contribution >= 0.6 is 0 Å². The summed E-state index contributed by atoms with van der Waals surface area (Å²) in [5, 5.41) is 10.9. The molecular weight excluding hydrogens is 284 g/mol. The molecule has 0 aliphatic carbocycles. The van der Waals surface area contributed by atoms with Gasteiger partial charge in [-0.1, -0.05) is 0 Å². The van der Waals surface area contributed by atoms with Crippen molar-refractivity contribution < 1.29 is 33.7 Å². The van der Waals surface area contributed by atoms with E-state index in [1.807, 2.05) is 0 Å². The third kappa shape index (κ3) is 10.6. The van der Waals surface area contributed by atoms with Gasteiger partial charge >= 0.3 is 18.0 Å². The first-order valence-electron chi connectivity index (χ1n) is 6.39. The van der Waals surface area contributed by atoms with E-state index in [0.717, 1.165) is 0 Å². The highest BCUT2D eigenvalue weighted by atomic mass is 16.5. The minimum atomic E-state index is -1.07. The van der Waals surface area contributed by atoms with Gasteiger partial charge in [0.1, 0.15) is 6.61 Å². The molecule has 0 heterocycles.